The molecule has 2 heteroatoms. The molecule has 0 aliphatic carbocycles. The van der Waals surface area contributed by atoms with Gasteiger partial charge in [-0.3, -0.25) is 0 Å². The number of furan rings is 1. The largest absolute Gasteiger partial charge is 0.461 e. The van der Waals surface area contributed by atoms with Gasteiger partial charge in [-0.15, -0.1) is 0 Å². The van der Waals surface area contributed by atoms with E-state index in [1.54, 1.807) is 0 Å². The van der Waals surface area contributed by atoms with Crippen LogP contribution in [0.5, 0.6) is 0 Å². The van der Waals surface area contributed by atoms with Gasteiger partial charge in [0, 0.05) is 15.8 Å². The fraction of sp³-hybridized carbons (Fsp3) is 0.273. The van der Waals surface area contributed by atoms with Crippen molar-refractivity contribution in [2.24, 2.45) is 0 Å². The topological polar surface area (TPSA) is 13.1 Å². The summed E-state index contributed by atoms with van der Waals surface area (Å²) in [7, 11) is 0. The summed E-state index contributed by atoms with van der Waals surface area (Å²) in [6.45, 7) is 4.26. The molecular formula is C11H11BrO. The normalized spacial score (nSPS) is 11.4. The fourth-order valence-corrected chi connectivity index (χ4v) is 1.65. The molecule has 0 aliphatic heterocycles. The minimum atomic E-state index is 0.450. The highest BCUT2D eigenvalue weighted by molar-refractivity contribution is 9.10. The molecule has 2 rings (SSSR count). The van der Waals surface area contributed by atoms with Crippen molar-refractivity contribution in [2.45, 2.75) is 19.8 Å². The van der Waals surface area contributed by atoms with Crippen molar-refractivity contribution in [2.75, 3.05) is 0 Å². The van der Waals surface area contributed by atoms with Crippen molar-refractivity contribution in [3.63, 3.8) is 0 Å². The van der Waals surface area contributed by atoms with Gasteiger partial charge in [0.15, 0.2) is 0 Å². The Balaban J connectivity index is 2.62. The Labute approximate surface area is 85.9 Å². The van der Waals surface area contributed by atoms with E-state index in [0.29, 0.717) is 5.92 Å². The highest BCUT2D eigenvalue weighted by atomic mass is 79.9. The second-order valence-corrected chi connectivity index (χ2v) is 4.40. The molecule has 2 aromatic rings. The van der Waals surface area contributed by atoms with Gasteiger partial charge in [0.1, 0.15) is 11.3 Å². The average Bonchev–Trinajstić information content (AvgIpc) is 2.46. The molecule has 1 nitrogen and oxygen atoms in total. The van der Waals surface area contributed by atoms with Crippen LogP contribution in [-0.2, 0) is 0 Å². The minimum Gasteiger partial charge on any atom is -0.461 e. The molecule has 0 saturated heterocycles. The van der Waals surface area contributed by atoms with Gasteiger partial charge in [-0.1, -0.05) is 29.8 Å². The van der Waals surface area contributed by atoms with E-state index in [1.807, 2.05) is 12.1 Å². The van der Waals surface area contributed by atoms with Crippen LogP contribution in [0.2, 0.25) is 0 Å². The van der Waals surface area contributed by atoms with Crippen LogP contribution in [0.1, 0.15) is 25.5 Å². The Bertz CT molecular complexity index is 429. The molecule has 0 amide bonds. The van der Waals surface area contributed by atoms with Gasteiger partial charge in [-0.2, -0.15) is 0 Å². The molecule has 0 spiro atoms. The summed E-state index contributed by atoms with van der Waals surface area (Å²) in [5.41, 5.74) is 0.957. The number of fused-ring (bicyclic) bond motifs is 1. The first-order chi connectivity index (χ1) is 6.16. The maximum atomic E-state index is 5.68. The van der Waals surface area contributed by atoms with Crippen LogP contribution in [0, 0.1) is 0 Å². The number of benzene rings is 1. The van der Waals surface area contributed by atoms with E-state index in [2.05, 4.69) is 41.9 Å². The highest BCUT2D eigenvalue weighted by Gasteiger charge is 2.06. The van der Waals surface area contributed by atoms with Gasteiger partial charge in [-0.05, 0) is 24.3 Å². The quantitative estimate of drug-likeness (QED) is 0.722. The molecule has 1 aromatic heterocycles. The van der Waals surface area contributed by atoms with E-state index in [-0.39, 0.29) is 0 Å². The molecule has 1 aromatic carbocycles. The maximum Gasteiger partial charge on any atom is 0.135 e. The molecule has 0 fully saturated rings. The molecule has 0 N–H and O–H groups in total. The van der Waals surface area contributed by atoms with Crippen LogP contribution in [0.25, 0.3) is 11.0 Å². The van der Waals surface area contributed by atoms with Crippen molar-refractivity contribution >= 4 is 26.9 Å². The van der Waals surface area contributed by atoms with Gasteiger partial charge < -0.3 is 4.42 Å². The SMILES string of the molecule is CC(C)c1cc2ccc(Br)cc2o1. The van der Waals surface area contributed by atoms with Crippen LogP contribution in [0.15, 0.2) is 33.2 Å². The Hall–Kier alpha value is -0.760. The Kier molecular flexibility index (Phi) is 2.16. The molecule has 68 valence electrons. The first-order valence-corrected chi connectivity index (χ1v) is 5.15. The fourth-order valence-electron chi connectivity index (χ4n) is 1.31. The molecular weight excluding hydrogens is 228 g/mol. The second kappa shape index (κ2) is 3.18. The lowest BCUT2D eigenvalue weighted by molar-refractivity contribution is 0.521. The van der Waals surface area contributed by atoms with E-state index in [0.717, 1.165) is 15.8 Å². The monoisotopic (exact) mass is 238 g/mol. The van der Waals surface area contributed by atoms with Gasteiger partial charge in [-0.25, -0.2) is 0 Å². The number of hydrogen-bond donors (Lipinski definition) is 0. The molecule has 0 unspecified atom stereocenters. The molecule has 0 radical (unpaired) electrons. The van der Waals surface area contributed by atoms with E-state index in [9.17, 15) is 0 Å². The lowest BCUT2D eigenvalue weighted by Crippen LogP contribution is -1.79. The van der Waals surface area contributed by atoms with Gasteiger partial charge >= 0.3 is 0 Å². The Morgan fingerprint density at radius 3 is 2.69 bits per heavy atom. The van der Waals surface area contributed by atoms with Gasteiger partial charge in [0.25, 0.3) is 0 Å². The zero-order valence-corrected chi connectivity index (χ0v) is 9.26. The summed E-state index contributed by atoms with van der Waals surface area (Å²) in [5.74, 6) is 1.50. The Morgan fingerprint density at radius 1 is 1.23 bits per heavy atom. The predicted molar refractivity (Wildman–Crippen MR) is 58.0 cm³/mol. The highest BCUT2D eigenvalue weighted by Crippen LogP contribution is 2.26. The molecule has 0 aliphatic rings. The lowest BCUT2D eigenvalue weighted by atomic mass is 10.1. The summed E-state index contributed by atoms with van der Waals surface area (Å²) in [5, 5.41) is 1.17. The van der Waals surface area contributed by atoms with Crippen molar-refractivity contribution in [1.29, 1.82) is 0 Å². The summed E-state index contributed by atoms with van der Waals surface area (Å²) in [4.78, 5) is 0. The summed E-state index contributed by atoms with van der Waals surface area (Å²) >= 11 is 3.42. The smallest absolute Gasteiger partial charge is 0.135 e. The number of hydrogen-bond acceptors (Lipinski definition) is 1. The van der Waals surface area contributed by atoms with Crippen molar-refractivity contribution < 1.29 is 4.42 Å². The molecule has 0 bridgehead atoms. The summed E-state index contributed by atoms with van der Waals surface area (Å²) in [6.07, 6.45) is 0. The standard InChI is InChI=1S/C11H11BrO/c1-7(2)10-5-8-3-4-9(12)6-11(8)13-10/h3-7H,1-2H3. The minimum absolute atomic E-state index is 0.450. The molecule has 13 heavy (non-hydrogen) atoms. The van der Waals surface area contributed by atoms with E-state index < -0.39 is 0 Å². The molecule has 1 heterocycles. The van der Waals surface area contributed by atoms with Crippen molar-refractivity contribution in [1.82, 2.24) is 0 Å². The van der Waals surface area contributed by atoms with E-state index in [1.165, 1.54) is 5.39 Å². The molecule has 0 atom stereocenters. The third-order valence-electron chi connectivity index (χ3n) is 2.07. The van der Waals surface area contributed by atoms with Crippen molar-refractivity contribution in [3.8, 4) is 0 Å². The summed E-state index contributed by atoms with van der Waals surface area (Å²) < 4.78 is 6.74. The summed E-state index contributed by atoms with van der Waals surface area (Å²) in [6, 6.07) is 8.20. The van der Waals surface area contributed by atoms with Crippen LogP contribution in [-0.4, -0.2) is 0 Å². The number of halogens is 1. The first kappa shape index (κ1) is 8.82. The average molecular weight is 239 g/mol. The first-order valence-electron chi connectivity index (χ1n) is 4.36. The zero-order chi connectivity index (χ0) is 9.42. The molecule has 0 saturated carbocycles. The number of rotatable bonds is 1. The van der Waals surface area contributed by atoms with Crippen molar-refractivity contribution in [3.05, 3.63) is 34.5 Å². The Morgan fingerprint density at radius 2 is 2.00 bits per heavy atom. The van der Waals surface area contributed by atoms with Crippen LogP contribution >= 0.6 is 15.9 Å². The van der Waals surface area contributed by atoms with Crippen LogP contribution in [0.3, 0.4) is 0 Å². The van der Waals surface area contributed by atoms with Crippen LogP contribution in [0.4, 0.5) is 0 Å². The zero-order valence-electron chi connectivity index (χ0n) is 7.67. The third kappa shape index (κ3) is 1.63. The lowest BCUT2D eigenvalue weighted by Gasteiger charge is -1.95. The second-order valence-electron chi connectivity index (χ2n) is 3.49. The van der Waals surface area contributed by atoms with E-state index >= 15 is 0 Å². The third-order valence-corrected chi connectivity index (χ3v) is 2.56. The van der Waals surface area contributed by atoms with Gasteiger partial charge in [0.2, 0.25) is 0 Å². The van der Waals surface area contributed by atoms with Crippen LogP contribution < -0.4 is 0 Å². The maximum absolute atomic E-state index is 5.68. The predicted octanol–water partition coefficient (Wildman–Crippen LogP) is 4.32. The van der Waals surface area contributed by atoms with Gasteiger partial charge in [0.05, 0.1) is 0 Å². The van der Waals surface area contributed by atoms with E-state index in [4.69, 9.17) is 4.42 Å².